The Morgan fingerprint density at radius 2 is 2.11 bits per heavy atom. The van der Waals surface area contributed by atoms with Gasteiger partial charge in [0.2, 0.25) is 0 Å². The van der Waals surface area contributed by atoms with E-state index >= 15 is 0 Å². The number of hydrogen-bond acceptors (Lipinski definition) is 6. The van der Waals surface area contributed by atoms with Crippen LogP contribution in [0, 0.1) is 5.41 Å². The van der Waals surface area contributed by atoms with Gasteiger partial charge in [-0.05, 0) is 61.5 Å². The SMILES string of the molecule is O=C(NC1CC2(CC(O)C2)C1)c1cc(-c2cccs2)nc2onc(C3CC3)c12. The number of carbonyl (C=O) groups is 1. The number of fused-ring (bicyclic) bond motifs is 1. The second kappa shape index (κ2) is 5.87. The summed E-state index contributed by atoms with van der Waals surface area (Å²) < 4.78 is 5.53. The molecule has 3 heterocycles. The van der Waals surface area contributed by atoms with E-state index in [1.54, 1.807) is 11.3 Å². The van der Waals surface area contributed by atoms with E-state index in [0.717, 1.165) is 60.2 Å². The Labute approximate surface area is 165 Å². The van der Waals surface area contributed by atoms with Crippen molar-refractivity contribution in [2.45, 2.75) is 56.6 Å². The van der Waals surface area contributed by atoms with E-state index < -0.39 is 0 Å². The summed E-state index contributed by atoms with van der Waals surface area (Å²) in [5, 5.41) is 19.8. The highest BCUT2D eigenvalue weighted by atomic mass is 32.1. The largest absolute Gasteiger partial charge is 0.393 e. The molecule has 144 valence electrons. The molecule has 0 saturated heterocycles. The predicted octanol–water partition coefficient (Wildman–Crippen LogP) is 3.86. The number of nitrogens with one attached hydrogen (secondary N) is 1. The number of rotatable bonds is 4. The van der Waals surface area contributed by atoms with Gasteiger partial charge in [0.25, 0.3) is 11.6 Å². The molecule has 3 saturated carbocycles. The lowest BCUT2D eigenvalue weighted by Crippen LogP contribution is -2.57. The molecule has 0 radical (unpaired) electrons. The number of nitrogens with zero attached hydrogens (tertiary/aromatic N) is 2. The summed E-state index contributed by atoms with van der Waals surface area (Å²) in [6.07, 6.45) is 5.69. The van der Waals surface area contributed by atoms with E-state index in [1.165, 1.54) is 0 Å². The van der Waals surface area contributed by atoms with Crippen LogP contribution in [0.2, 0.25) is 0 Å². The minimum atomic E-state index is -0.150. The smallest absolute Gasteiger partial charge is 0.259 e. The molecule has 2 N–H and O–H groups in total. The summed E-state index contributed by atoms with van der Waals surface area (Å²) >= 11 is 1.59. The number of carbonyl (C=O) groups excluding carboxylic acids is 1. The van der Waals surface area contributed by atoms with Crippen molar-refractivity contribution in [3.8, 4) is 10.6 Å². The normalized spacial score (nSPS) is 28.9. The first-order valence-electron chi connectivity index (χ1n) is 9.93. The third-order valence-electron chi connectivity index (χ3n) is 6.49. The van der Waals surface area contributed by atoms with Gasteiger partial charge in [-0.3, -0.25) is 4.79 Å². The molecule has 0 unspecified atom stereocenters. The average Bonchev–Trinajstić information content (AvgIpc) is 3.16. The van der Waals surface area contributed by atoms with Crippen LogP contribution in [0.5, 0.6) is 0 Å². The van der Waals surface area contributed by atoms with Crippen molar-refractivity contribution in [1.82, 2.24) is 15.5 Å². The first kappa shape index (κ1) is 16.7. The molecular formula is C21H21N3O3S. The fourth-order valence-electron chi connectivity index (χ4n) is 4.96. The van der Waals surface area contributed by atoms with Crippen molar-refractivity contribution in [2.24, 2.45) is 5.41 Å². The van der Waals surface area contributed by atoms with E-state index in [9.17, 15) is 9.90 Å². The van der Waals surface area contributed by atoms with Crippen LogP contribution in [0.1, 0.15) is 60.5 Å². The van der Waals surface area contributed by atoms with Gasteiger partial charge in [0.15, 0.2) is 0 Å². The first-order valence-corrected chi connectivity index (χ1v) is 10.8. The van der Waals surface area contributed by atoms with Crippen molar-refractivity contribution in [1.29, 1.82) is 0 Å². The Bertz CT molecular complexity index is 1060. The summed E-state index contributed by atoms with van der Waals surface area (Å²) in [4.78, 5) is 18.8. The minimum Gasteiger partial charge on any atom is -0.393 e. The van der Waals surface area contributed by atoms with Crippen LogP contribution in [0.15, 0.2) is 28.1 Å². The summed E-state index contributed by atoms with van der Waals surface area (Å²) in [5.74, 6) is 0.306. The summed E-state index contributed by atoms with van der Waals surface area (Å²) in [6, 6.07) is 6.03. The van der Waals surface area contributed by atoms with Gasteiger partial charge >= 0.3 is 0 Å². The average molecular weight is 395 g/mol. The highest BCUT2D eigenvalue weighted by molar-refractivity contribution is 7.13. The van der Waals surface area contributed by atoms with E-state index in [1.807, 2.05) is 23.6 Å². The van der Waals surface area contributed by atoms with Crippen LogP contribution in [0.4, 0.5) is 0 Å². The number of hydrogen-bond donors (Lipinski definition) is 2. The topological polar surface area (TPSA) is 88.2 Å². The molecule has 6 nitrogen and oxygen atoms in total. The maximum absolute atomic E-state index is 13.2. The van der Waals surface area contributed by atoms with E-state index in [0.29, 0.717) is 17.2 Å². The number of aliphatic hydroxyl groups excluding tert-OH is 1. The Morgan fingerprint density at radius 1 is 1.29 bits per heavy atom. The monoisotopic (exact) mass is 395 g/mol. The second-order valence-electron chi connectivity index (χ2n) is 8.70. The molecule has 3 aliphatic rings. The van der Waals surface area contributed by atoms with Gasteiger partial charge in [-0.1, -0.05) is 11.2 Å². The van der Waals surface area contributed by atoms with E-state index in [4.69, 9.17) is 4.52 Å². The lowest BCUT2D eigenvalue weighted by atomic mass is 9.53. The Kier molecular flexibility index (Phi) is 3.50. The molecule has 0 atom stereocenters. The van der Waals surface area contributed by atoms with Gasteiger partial charge < -0.3 is 14.9 Å². The van der Waals surface area contributed by atoms with Crippen molar-refractivity contribution in [3.63, 3.8) is 0 Å². The lowest BCUT2D eigenvalue weighted by molar-refractivity contribution is -0.0949. The van der Waals surface area contributed by atoms with Crippen LogP contribution >= 0.6 is 11.3 Å². The maximum Gasteiger partial charge on any atom is 0.259 e. The lowest BCUT2D eigenvalue weighted by Gasteiger charge is -2.56. The zero-order chi connectivity index (χ0) is 18.9. The number of pyridine rings is 1. The van der Waals surface area contributed by atoms with Gasteiger partial charge in [0.1, 0.15) is 0 Å². The fourth-order valence-corrected chi connectivity index (χ4v) is 5.65. The zero-order valence-corrected chi connectivity index (χ0v) is 16.2. The van der Waals surface area contributed by atoms with Crippen LogP contribution in [0.25, 0.3) is 21.7 Å². The summed E-state index contributed by atoms with van der Waals surface area (Å²) in [6.45, 7) is 0. The fraction of sp³-hybridized carbons (Fsp3) is 0.476. The Hall–Kier alpha value is -2.25. The second-order valence-corrected chi connectivity index (χ2v) is 9.64. The molecule has 1 amide bonds. The molecule has 0 aliphatic heterocycles. The van der Waals surface area contributed by atoms with E-state index in [2.05, 4.69) is 15.5 Å². The molecule has 1 spiro atoms. The maximum atomic E-state index is 13.2. The van der Waals surface area contributed by atoms with E-state index in [-0.39, 0.29) is 23.5 Å². The molecule has 3 aromatic heterocycles. The van der Waals surface area contributed by atoms with Gasteiger partial charge in [-0.2, -0.15) is 0 Å². The molecule has 3 aromatic rings. The van der Waals surface area contributed by atoms with Crippen LogP contribution < -0.4 is 5.32 Å². The molecule has 3 fully saturated rings. The minimum absolute atomic E-state index is 0.0740. The highest BCUT2D eigenvalue weighted by Crippen LogP contribution is 2.56. The van der Waals surface area contributed by atoms with Crippen molar-refractivity contribution >= 4 is 28.3 Å². The Morgan fingerprint density at radius 3 is 2.79 bits per heavy atom. The third kappa shape index (κ3) is 2.60. The van der Waals surface area contributed by atoms with Crippen molar-refractivity contribution < 1.29 is 14.4 Å². The van der Waals surface area contributed by atoms with Crippen LogP contribution in [-0.4, -0.2) is 33.3 Å². The van der Waals surface area contributed by atoms with Gasteiger partial charge in [0, 0.05) is 12.0 Å². The third-order valence-corrected chi connectivity index (χ3v) is 7.38. The van der Waals surface area contributed by atoms with Crippen molar-refractivity contribution in [3.05, 3.63) is 34.8 Å². The van der Waals surface area contributed by atoms with Crippen molar-refractivity contribution in [2.75, 3.05) is 0 Å². The first-order chi connectivity index (χ1) is 13.6. The quantitative estimate of drug-likeness (QED) is 0.700. The molecule has 28 heavy (non-hydrogen) atoms. The number of aliphatic hydroxyl groups is 1. The van der Waals surface area contributed by atoms with Gasteiger partial charge in [-0.15, -0.1) is 11.3 Å². The number of thiophene rings is 1. The molecule has 0 bridgehead atoms. The summed E-state index contributed by atoms with van der Waals surface area (Å²) in [5.41, 5.74) is 2.95. The van der Waals surface area contributed by atoms with Crippen LogP contribution in [-0.2, 0) is 0 Å². The Balaban J connectivity index is 1.34. The molecule has 0 aromatic carbocycles. The zero-order valence-electron chi connectivity index (χ0n) is 15.4. The molecule has 7 heteroatoms. The van der Waals surface area contributed by atoms with Gasteiger partial charge in [-0.25, -0.2) is 4.98 Å². The summed E-state index contributed by atoms with van der Waals surface area (Å²) in [7, 11) is 0. The van der Waals surface area contributed by atoms with Gasteiger partial charge in [0.05, 0.1) is 33.3 Å². The molecule has 3 aliphatic carbocycles. The highest BCUT2D eigenvalue weighted by Gasteiger charge is 2.52. The molecule has 6 rings (SSSR count). The standard InChI is InChI=1S/C21H21N3O3S/c25-13-9-21(10-13)7-12(8-21)22-19(26)14-6-15(16-2-1-5-28-16)23-20-17(14)18(24-27-20)11-3-4-11/h1-2,5-6,11-13,25H,3-4,7-10H2,(H,22,26). The number of aromatic nitrogens is 2. The number of amides is 1. The molecular weight excluding hydrogens is 374 g/mol. The predicted molar refractivity (Wildman–Crippen MR) is 105 cm³/mol. The van der Waals surface area contributed by atoms with Crippen LogP contribution in [0.3, 0.4) is 0 Å².